The molecule has 1 heterocycles. The fourth-order valence-electron chi connectivity index (χ4n) is 2.81. The number of aryl methyl sites for hydroxylation is 1. The Kier molecular flexibility index (Phi) is 5.16. The van der Waals surface area contributed by atoms with Crippen LogP contribution in [-0.4, -0.2) is 30.8 Å². The Morgan fingerprint density at radius 1 is 1.47 bits per heavy atom. The van der Waals surface area contributed by atoms with Crippen molar-refractivity contribution in [3.8, 4) is 0 Å². The van der Waals surface area contributed by atoms with Gasteiger partial charge in [0.25, 0.3) is 0 Å². The van der Waals surface area contributed by atoms with Gasteiger partial charge in [-0.2, -0.15) is 0 Å². The lowest BCUT2D eigenvalue weighted by atomic mass is 10.2. The first-order valence-corrected chi connectivity index (χ1v) is 7.56. The minimum Gasteiger partial charge on any atom is -0.356 e. The number of nitrogens with one attached hydrogen (secondary N) is 3. The van der Waals surface area contributed by atoms with Gasteiger partial charge in [0.15, 0.2) is 5.11 Å². The predicted molar refractivity (Wildman–Crippen MR) is 84.8 cm³/mol. The van der Waals surface area contributed by atoms with Crippen LogP contribution in [0.5, 0.6) is 0 Å². The lowest BCUT2D eigenvalue weighted by Gasteiger charge is -2.21. The summed E-state index contributed by atoms with van der Waals surface area (Å²) in [6, 6.07) is 8.98. The second kappa shape index (κ2) is 6.87. The van der Waals surface area contributed by atoms with Crippen molar-refractivity contribution in [3.63, 3.8) is 0 Å². The molecule has 1 aliphatic rings. The van der Waals surface area contributed by atoms with Crippen LogP contribution in [0.2, 0.25) is 0 Å². The van der Waals surface area contributed by atoms with Gasteiger partial charge >= 0.3 is 0 Å². The fraction of sp³-hybridized carbons (Fsp3) is 0.533. The van der Waals surface area contributed by atoms with Crippen molar-refractivity contribution in [2.45, 2.75) is 32.7 Å². The third kappa shape index (κ3) is 4.18. The van der Waals surface area contributed by atoms with Crippen LogP contribution in [0.15, 0.2) is 24.3 Å². The highest BCUT2D eigenvalue weighted by Gasteiger charge is 2.26. The summed E-state index contributed by atoms with van der Waals surface area (Å²) < 4.78 is 0. The van der Waals surface area contributed by atoms with Gasteiger partial charge in [0.1, 0.15) is 6.04 Å². The van der Waals surface area contributed by atoms with Crippen molar-refractivity contribution in [1.29, 1.82) is 0 Å². The maximum atomic E-state index is 5.36. The van der Waals surface area contributed by atoms with E-state index in [1.54, 1.807) is 4.90 Å². The van der Waals surface area contributed by atoms with Crippen LogP contribution in [0.1, 0.15) is 25.3 Å². The zero-order chi connectivity index (χ0) is 13.7. The molecule has 19 heavy (non-hydrogen) atoms. The number of benzene rings is 1. The molecule has 0 aliphatic carbocycles. The highest BCUT2D eigenvalue weighted by molar-refractivity contribution is 7.80. The van der Waals surface area contributed by atoms with E-state index in [1.807, 2.05) is 12.1 Å². The molecule has 1 aromatic carbocycles. The highest BCUT2D eigenvalue weighted by Crippen LogP contribution is 2.09. The van der Waals surface area contributed by atoms with E-state index in [-0.39, 0.29) is 0 Å². The second-order valence-electron chi connectivity index (χ2n) is 5.31. The van der Waals surface area contributed by atoms with E-state index in [0.29, 0.717) is 6.04 Å². The molecule has 1 fully saturated rings. The molecule has 3 N–H and O–H groups in total. The van der Waals surface area contributed by atoms with Gasteiger partial charge in [-0.25, -0.2) is 0 Å². The molecule has 1 aromatic rings. The minimum atomic E-state index is 0.710. The summed E-state index contributed by atoms with van der Waals surface area (Å²) in [7, 11) is 0. The van der Waals surface area contributed by atoms with E-state index in [0.717, 1.165) is 17.3 Å². The summed E-state index contributed by atoms with van der Waals surface area (Å²) in [4.78, 5) is 1.70. The first-order chi connectivity index (χ1) is 9.19. The molecule has 0 amide bonds. The zero-order valence-electron chi connectivity index (χ0n) is 11.8. The summed E-state index contributed by atoms with van der Waals surface area (Å²) in [5.74, 6) is 0. The molecule has 2 rings (SSSR count). The fourth-order valence-corrected chi connectivity index (χ4v) is 3.01. The third-order valence-electron chi connectivity index (χ3n) is 3.87. The van der Waals surface area contributed by atoms with Crippen molar-refractivity contribution < 1.29 is 4.90 Å². The van der Waals surface area contributed by atoms with Crippen LogP contribution in [-0.2, 0) is 0 Å². The maximum Gasteiger partial charge on any atom is 0.170 e. The molecule has 2 atom stereocenters. The third-order valence-corrected chi connectivity index (χ3v) is 4.11. The Hall–Kier alpha value is -1.13. The lowest BCUT2D eigenvalue weighted by Crippen LogP contribution is -3.14. The molecular formula is C15H24N3S+. The van der Waals surface area contributed by atoms with Gasteiger partial charge in [-0.3, -0.25) is 0 Å². The molecular weight excluding hydrogens is 254 g/mol. The number of likely N-dealkylation sites (tertiary alicyclic amines) is 1. The first kappa shape index (κ1) is 14.3. The van der Waals surface area contributed by atoms with Crippen molar-refractivity contribution in [3.05, 3.63) is 29.8 Å². The number of anilines is 1. The van der Waals surface area contributed by atoms with E-state index >= 15 is 0 Å². The molecule has 4 heteroatoms. The number of thiocarbonyl (C=S) groups is 1. The van der Waals surface area contributed by atoms with Crippen LogP contribution >= 0.6 is 12.2 Å². The molecule has 104 valence electrons. The summed E-state index contributed by atoms with van der Waals surface area (Å²) in [6.07, 6.45) is 2.65. The van der Waals surface area contributed by atoms with Crippen LogP contribution in [0.3, 0.4) is 0 Å². The topological polar surface area (TPSA) is 28.5 Å². The van der Waals surface area contributed by atoms with Gasteiger partial charge in [0.05, 0.1) is 19.6 Å². The number of rotatable bonds is 4. The molecule has 3 nitrogen and oxygen atoms in total. The molecule has 1 unspecified atom stereocenters. The molecule has 1 aliphatic heterocycles. The summed E-state index contributed by atoms with van der Waals surface area (Å²) in [6.45, 7) is 7.84. The van der Waals surface area contributed by atoms with E-state index < -0.39 is 0 Å². The van der Waals surface area contributed by atoms with Gasteiger partial charge in [0.2, 0.25) is 0 Å². The highest BCUT2D eigenvalue weighted by atomic mass is 32.1. The van der Waals surface area contributed by atoms with Crippen molar-refractivity contribution in [2.24, 2.45) is 0 Å². The van der Waals surface area contributed by atoms with Gasteiger partial charge in [-0.15, -0.1) is 0 Å². The number of likely N-dealkylation sites (N-methyl/N-ethyl adjacent to an activating group) is 1. The van der Waals surface area contributed by atoms with Crippen LogP contribution in [0.25, 0.3) is 0 Å². The Balaban J connectivity index is 1.78. The Morgan fingerprint density at radius 3 is 3.05 bits per heavy atom. The van der Waals surface area contributed by atoms with Gasteiger partial charge in [-0.1, -0.05) is 12.1 Å². The first-order valence-electron chi connectivity index (χ1n) is 7.15. The Bertz CT molecular complexity index is 433. The monoisotopic (exact) mass is 278 g/mol. The molecule has 0 saturated carbocycles. The molecule has 1 saturated heterocycles. The van der Waals surface area contributed by atoms with Gasteiger partial charge < -0.3 is 15.5 Å². The van der Waals surface area contributed by atoms with Crippen LogP contribution in [0.4, 0.5) is 5.69 Å². The number of hydrogen-bond acceptors (Lipinski definition) is 1. The SMILES string of the molecule is CC[NH+]1CCC[C@@H]1CNC(=S)Nc1cccc(C)c1. The second-order valence-corrected chi connectivity index (χ2v) is 5.71. The van der Waals surface area contributed by atoms with Crippen LogP contribution in [0, 0.1) is 6.92 Å². The Morgan fingerprint density at radius 2 is 2.32 bits per heavy atom. The standard InChI is InChI=1S/C15H23N3S/c1-3-18-9-5-8-14(18)11-16-15(19)17-13-7-4-6-12(2)10-13/h4,6-7,10,14H,3,5,8-9,11H2,1-2H3,(H2,16,17,19)/p+1/t14-/m1/s1. The van der Waals surface area contributed by atoms with E-state index in [2.05, 4.69) is 36.6 Å². The Labute approximate surface area is 121 Å². The van der Waals surface area contributed by atoms with Crippen LogP contribution < -0.4 is 15.5 Å². The largest absolute Gasteiger partial charge is 0.356 e. The quantitative estimate of drug-likeness (QED) is 0.726. The predicted octanol–water partition coefficient (Wildman–Crippen LogP) is 1.35. The minimum absolute atomic E-state index is 0.710. The van der Waals surface area contributed by atoms with Crippen molar-refractivity contribution in [2.75, 3.05) is 25.0 Å². The van der Waals surface area contributed by atoms with E-state index in [9.17, 15) is 0 Å². The summed E-state index contributed by atoms with van der Waals surface area (Å²) in [5.41, 5.74) is 2.30. The molecule has 0 spiro atoms. The molecule has 0 radical (unpaired) electrons. The van der Waals surface area contributed by atoms with E-state index in [1.165, 1.54) is 31.5 Å². The summed E-state index contributed by atoms with van der Waals surface area (Å²) >= 11 is 5.36. The van der Waals surface area contributed by atoms with Crippen molar-refractivity contribution >= 4 is 23.0 Å². The van der Waals surface area contributed by atoms with Gasteiger partial charge in [-0.05, 0) is 43.8 Å². The average Bonchev–Trinajstić information content (AvgIpc) is 2.83. The van der Waals surface area contributed by atoms with Gasteiger partial charge in [0, 0.05) is 18.5 Å². The lowest BCUT2D eigenvalue weighted by molar-refractivity contribution is -0.909. The number of quaternary nitrogens is 1. The number of hydrogen-bond donors (Lipinski definition) is 3. The maximum absolute atomic E-state index is 5.36. The molecule has 0 aromatic heterocycles. The summed E-state index contributed by atoms with van der Waals surface area (Å²) in [5, 5.41) is 7.34. The molecule has 0 bridgehead atoms. The van der Waals surface area contributed by atoms with Crippen molar-refractivity contribution in [1.82, 2.24) is 5.32 Å². The smallest absolute Gasteiger partial charge is 0.170 e. The normalized spacial score (nSPS) is 22.2. The van der Waals surface area contributed by atoms with E-state index in [4.69, 9.17) is 12.2 Å². The average molecular weight is 278 g/mol. The zero-order valence-corrected chi connectivity index (χ0v) is 12.6.